The smallest absolute Gasteiger partial charge is 0.219 e. The van der Waals surface area contributed by atoms with Gasteiger partial charge in [0.25, 0.3) is 0 Å². The van der Waals surface area contributed by atoms with Gasteiger partial charge in [0.15, 0.2) is 5.78 Å². The fourth-order valence-electron chi connectivity index (χ4n) is 3.80. The molecule has 3 rings (SSSR count). The zero-order valence-electron chi connectivity index (χ0n) is 19.9. The molecule has 8 heteroatoms. The Morgan fingerprint density at radius 1 is 1.27 bits per heavy atom. The summed E-state index contributed by atoms with van der Waals surface area (Å²) in [6.07, 6.45) is 0.337. The van der Waals surface area contributed by atoms with Crippen molar-refractivity contribution in [3.63, 3.8) is 0 Å². The van der Waals surface area contributed by atoms with E-state index in [0.29, 0.717) is 42.0 Å². The van der Waals surface area contributed by atoms with Crippen LogP contribution in [0.4, 0.5) is 0 Å². The highest BCUT2D eigenvalue weighted by molar-refractivity contribution is 6.04. The average Bonchev–Trinajstić information content (AvgIpc) is 3.07. The van der Waals surface area contributed by atoms with Crippen molar-refractivity contribution in [2.45, 2.75) is 59.2 Å². The highest BCUT2D eigenvalue weighted by atomic mass is 16.5. The van der Waals surface area contributed by atoms with Gasteiger partial charge in [-0.1, -0.05) is 33.8 Å². The van der Waals surface area contributed by atoms with Crippen molar-refractivity contribution in [2.24, 2.45) is 0 Å². The minimum absolute atomic E-state index is 0.0178. The van der Waals surface area contributed by atoms with E-state index in [9.17, 15) is 14.7 Å². The molecule has 1 amide bonds. The van der Waals surface area contributed by atoms with Crippen molar-refractivity contribution >= 4 is 17.5 Å². The van der Waals surface area contributed by atoms with Crippen LogP contribution in [0, 0.1) is 5.41 Å². The van der Waals surface area contributed by atoms with E-state index in [4.69, 9.17) is 10.1 Å². The number of fused-ring (bicyclic) bond motifs is 1. The molecule has 0 bridgehead atoms. The van der Waals surface area contributed by atoms with Gasteiger partial charge in [-0.2, -0.15) is 0 Å². The van der Waals surface area contributed by atoms with Gasteiger partial charge < -0.3 is 20.1 Å². The van der Waals surface area contributed by atoms with Crippen LogP contribution in [0.2, 0.25) is 0 Å². The molecule has 0 saturated heterocycles. The minimum Gasteiger partial charge on any atom is -0.507 e. The lowest BCUT2D eigenvalue weighted by Crippen LogP contribution is -2.31. The number of ketones is 1. The molecule has 1 aliphatic heterocycles. The highest BCUT2D eigenvalue weighted by Crippen LogP contribution is 2.35. The zero-order valence-corrected chi connectivity index (χ0v) is 19.9. The lowest BCUT2D eigenvalue weighted by atomic mass is 9.83. The number of rotatable bonds is 8. The third kappa shape index (κ3) is 5.39. The maximum absolute atomic E-state index is 13.3. The van der Waals surface area contributed by atoms with Gasteiger partial charge >= 0.3 is 0 Å². The Labute approximate surface area is 194 Å². The molecule has 0 atom stereocenters. The van der Waals surface area contributed by atoms with E-state index in [2.05, 4.69) is 10.3 Å². The molecule has 0 unspecified atom stereocenters. The first-order chi connectivity index (χ1) is 15.5. The predicted octanol–water partition coefficient (Wildman–Crippen LogP) is 3.28. The van der Waals surface area contributed by atoms with E-state index in [1.807, 2.05) is 32.9 Å². The minimum atomic E-state index is -0.401. The lowest BCUT2D eigenvalue weighted by molar-refractivity contribution is -0.120. The standard InChI is InChI=1S/C25H32N4O4/c1-6-21(31)27-11-17-9-16(10-19(23(17)32)25(2,3)4)20(30)13-29-12-15-7-8-18(14-33-5)28-22(15)24(29)26/h7-10,26,32H,6,11-14H2,1-5H3,(H,27,31). The molecule has 2 heterocycles. The van der Waals surface area contributed by atoms with Crippen molar-refractivity contribution < 1.29 is 19.4 Å². The lowest BCUT2D eigenvalue weighted by Gasteiger charge is -2.24. The van der Waals surface area contributed by atoms with Crippen LogP contribution in [0.5, 0.6) is 5.75 Å². The number of hydrogen-bond acceptors (Lipinski definition) is 6. The van der Waals surface area contributed by atoms with Crippen molar-refractivity contribution in [1.29, 1.82) is 5.41 Å². The number of ether oxygens (including phenoxy) is 1. The molecule has 8 nitrogen and oxygen atoms in total. The van der Waals surface area contributed by atoms with Gasteiger partial charge in [0.1, 0.15) is 17.3 Å². The summed E-state index contributed by atoms with van der Waals surface area (Å²) >= 11 is 0. The second-order valence-corrected chi connectivity index (χ2v) is 9.28. The summed E-state index contributed by atoms with van der Waals surface area (Å²) in [5.41, 5.74) is 3.38. The van der Waals surface area contributed by atoms with Gasteiger partial charge in [0.05, 0.1) is 18.8 Å². The van der Waals surface area contributed by atoms with Crippen LogP contribution in [0.15, 0.2) is 24.3 Å². The molecule has 2 aromatic rings. The average molecular weight is 453 g/mol. The topological polar surface area (TPSA) is 116 Å². The van der Waals surface area contributed by atoms with Gasteiger partial charge in [-0.15, -0.1) is 0 Å². The number of aromatic hydroxyl groups is 1. The molecule has 1 aromatic heterocycles. The number of phenolic OH excluding ortho intramolecular Hbond substituents is 1. The molecule has 0 radical (unpaired) electrons. The second kappa shape index (κ2) is 9.70. The summed E-state index contributed by atoms with van der Waals surface area (Å²) in [4.78, 5) is 31.2. The van der Waals surface area contributed by atoms with Gasteiger partial charge in [0.2, 0.25) is 5.91 Å². The number of amides is 1. The van der Waals surface area contributed by atoms with Gasteiger partial charge in [0, 0.05) is 48.9 Å². The first kappa shape index (κ1) is 24.4. The molecule has 33 heavy (non-hydrogen) atoms. The monoisotopic (exact) mass is 452 g/mol. The Kier molecular flexibility index (Phi) is 7.17. The highest BCUT2D eigenvalue weighted by Gasteiger charge is 2.29. The van der Waals surface area contributed by atoms with E-state index in [0.717, 1.165) is 11.3 Å². The summed E-state index contributed by atoms with van der Waals surface area (Å²) in [6.45, 7) is 8.58. The molecule has 0 aliphatic carbocycles. The Bertz CT molecular complexity index is 1090. The van der Waals surface area contributed by atoms with Crippen LogP contribution in [0.25, 0.3) is 0 Å². The van der Waals surface area contributed by atoms with Crippen LogP contribution < -0.4 is 5.32 Å². The number of carbonyl (C=O) groups excluding carboxylic acids is 2. The summed E-state index contributed by atoms with van der Waals surface area (Å²) in [6, 6.07) is 7.13. The SMILES string of the molecule is CCC(=O)NCc1cc(C(=O)CN2Cc3ccc(COC)nc3C2=N)cc(C(C)(C)C)c1O. The van der Waals surface area contributed by atoms with Gasteiger partial charge in [-0.3, -0.25) is 15.0 Å². The maximum Gasteiger partial charge on any atom is 0.219 e. The van der Waals surface area contributed by atoms with Crippen LogP contribution in [0.3, 0.4) is 0 Å². The fourth-order valence-corrected chi connectivity index (χ4v) is 3.80. The summed E-state index contributed by atoms with van der Waals surface area (Å²) in [7, 11) is 1.59. The number of nitrogens with zero attached hydrogens (tertiary/aromatic N) is 2. The Hall–Kier alpha value is -3.26. The van der Waals surface area contributed by atoms with Gasteiger partial charge in [-0.05, 0) is 23.6 Å². The number of carbonyl (C=O) groups is 2. The van der Waals surface area contributed by atoms with E-state index in [-0.39, 0.29) is 36.4 Å². The summed E-state index contributed by atoms with van der Waals surface area (Å²) < 4.78 is 5.13. The van der Waals surface area contributed by atoms with Crippen LogP contribution in [-0.4, -0.2) is 46.2 Å². The Morgan fingerprint density at radius 3 is 2.64 bits per heavy atom. The number of benzene rings is 1. The summed E-state index contributed by atoms with van der Waals surface area (Å²) in [5, 5.41) is 22.1. The molecule has 0 fully saturated rings. The number of nitrogens with one attached hydrogen (secondary N) is 2. The Morgan fingerprint density at radius 2 is 2.00 bits per heavy atom. The Balaban J connectivity index is 1.85. The molecule has 3 N–H and O–H groups in total. The summed E-state index contributed by atoms with van der Waals surface area (Å²) in [5.74, 6) is -0.00139. The normalized spacial score (nSPS) is 13.2. The van der Waals surface area contributed by atoms with Crippen molar-refractivity contribution in [3.8, 4) is 5.75 Å². The molecule has 176 valence electrons. The molecule has 1 aliphatic rings. The first-order valence-electron chi connectivity index (χ1n) is 11.0. The van der Waals surface area contributed by atoms with Crippen molar-refractivity contribution in [1.82, 2.24) is 15.2 Å². The molecule has 0 spiro atoms. The number of aromatic nitrogens is 1. The maximum atomic E-state index is 13.3. The zero-order chi connectivity index (χ0) is 24.3. The van der Waals surface area contributed by atoms with Crippen LogP contribution >= 0.6 is 0 Å². The number of Topliss-reactive ketones (excluding diaryl/α,β-unsaturated/α-hetero) is 1. The number of methoxy groups -OCH3 is 1. The number of pyridine rings is 1. The quantitative estimate of drug-likeness (QED) is 0.530. The van der Waals surface area contributed by atoms with Crippen LogP contribution in [-0.2, 0) is 34.6 Å². The van der Waals surface area contributed by atoms with Crippen molar-refractivity contribution in [3.05, 3.63) is 57.9 Å². The molecular formula is C25H32N4O4. The molecular weight excluding hydrogens is 420 g/mol. The number of amidine groups is 1. The predicted molar refractivity (Wildman–Crippen MR) is 125 cm³/mol. The molecule has 0 saturated carbocycles. The fraction of sp³-hybridized carbons (Fsp3) is 0.440. The number of phenols is 1. The molecule has 1 aromatic carbocycles. The van der Waals surface area contributed by atoms with E-state index in [1.54, 1.807) is 31.1 Å². The van der Waals surface area contributed by atoms with E-state index in [1.165, 1.54) is 0 Å². The van der Waals surface area contributed by atoms with Crippen molar-refractivity contribution in [2.75, 3.05) is 13.7 Å². The number of hydrogen-bond donors (Lipinski definition) is 3. The van der Waals surface area contributed by atoms with E-state index >= 15 is 0 Å². The van der Waals surface area contributed by atoms with E-state index < -0.39 is 5.41 Å². The second-order valence-electron chi connectivity index (χ2n) is 9.28. The first-order valence-corrected chi connectivity index (χ1v) is 11.0. The van der Waals surface area contributed by atoms with Gasteiger partial charge in [-0.25, -0.2) is 4.98 Å². The third-order valence-corrected chi connectivity index (χ3v) is 5.68. The third-order valence-electron chi connectivity index (χ3n) is 5.68. The van der Waals surface area contributed by atoms with Crippen LogP contribution in [0.1, 0.15) is 72.6 Å². The largest absolute Gasteiger partial charge is 0.507 e.